The first-order valence-corrected chi connectivity index (χ1v) is 6.32. The van der Waals surface area contributed by atoms with Gasteiger partial charge >= 0.3 is 0 Å². The number of thioether (sulfide) groups is 1. The number of hydrogen-bond acceptors (Lipinski definition) is 6. The highest BCUT2D eigenvalue weighted by molar-refractivity contribution is 7.99. The zero-order chi connectivity index (χ0) is 12.2. The van der Waals surface area contributed by atoms with Crippen molar-refractivity contribution in [2.75, 3.05) is 6.61 Å². The van der Waals surface area contributed by atoms with Crippen LogP contribution in [0, 0.1) is 0 Å². The summed E-state index contributed by atoms with van der Waals surface area (Å²) < 4.78 is 5.10. The van der Waals surface area contributed by atoms with Crippen molar-refractivity contribution in [1.29, 1.82) is 0 Å². The van der Waals surface area contributed by atoms with E-state index in [1.807, 2.05) is 13.8 Å². The monoisotopic (exact) mass is 245 g/mol. The second-order valence-corrected chi connectivity index (χ2v) is 5.79. The zero-order valence-corrected chi connectivity index (χ0v) is 10.8. The lowest BCUT2D eigenvalue weighted by atomic mass is 10.1. The van der Waals surface area contributed by atoms with Gasteiger partial charge in [-0.05, 0) is 20.3 Å². The maximum absolute atomic E-state index is 8.76. The van der Waals surface area contributed by atoms with E-state index in [9.17, 15) is 0 Å². The van der Waals surface area contributed by atoms with Gasteiger partial charge in [0, 0.05) is 11.9 Å². The molecule has 0 aromatic carbocycles. The molecule has 0 saturated carbocycles. The van der Waals surface area contributed by atoms with Crippen LogP contribution in [0.5, 0.6) is 0 Å². The molecule has 1 unspecified atom stereocenters. The number of nitrogens with two attached hydrogens (primary N) is 1. The summed E-state index contributed by atoms with van der Waals surface area (Å²) in [6.45, 7) is 5.94. The lowest BCUT2D eigenvalue weighted by Gasteiger charge is -2.11. The Morgan fingerprint density at radius 1 is 1.56 bits per heavy atom. The third kappa shape index (κ3) is 4.11. The maximum Gasteiger partial charge on any atom is 0.236 e. The third-order valence-electron chi connectivity index (χ3n) is 2.07. The molecule has 1 aromatic heterocycles. The van der Waals surface area contributed by atoms with Gasteiger partial charge in [0.25, 0.3) is 0 Å². The van der Waals surface area contributed by atoms with Gasteiger partial charge in [-0.25, -0.2) is 0 Å². The van der Waals surface area contributed by atoms with Gasteiger partial charge < -0.3 is 15.4 Å². The molecule has 0 fully saturated rings. The minimum absolute atomic E-state index is 0.207. The number of aliphatic hydroxyl groups excluding tert-OH is 1. The van der Waals surface area contributed by atoms with Crippen LogP contribution in [0.15, 0.2) is 4.52 Å². The molecule has 6 heteroatoms. The number of aliphatic hydroxyl groups is 1. The van der Waals surface area contributed by atoms with Crippen LogP contribution in [0.25, 0.3) is 0 Å². The molecule has 0 amide bonds. The first-order chi connectivity index (χ1) is 7.43. The normalized spacial score (nSPS) is 14.1. The minimum Gasteiger partial charge on any atom is -0.396 e. The van der Waals surface area contributed by atoms with E-state index in [4.69, 9.17) is 15.4 Å². The number of aromatic nitrogens is 2. The molecular formula is C10H19N3O2S. The average Bonchev–Trinajstić information content (AvgIpc) is 2.63. The fourth-order valence-electron chi connectivity index (χ4n) is 1.05. The molecule has 3 N–H and O–H groups in total. The Hall–Kier alpha value is -0.590. The van der Waals surface area contributed by atoms with Crippen LogP contribution in [0.2, 0.25) is 0 Å². The topological polar surface area (TPSA) is 85.2 Å². The Kier molecular flexibility index (Phi) is 4.76. The predicted molar refractivity (Wildman–Crippen MR) is 64.0 cm³/mol. The Balaban J connectivity index is 2.47. The van der Waals surface area contributed by atoms with Crippen LogP contribution in [-0.2, 0) is 11.3 Å². The summed E-state index contributed by atoms with van der Waals surface area (Å²) in [5, 5.41) is 13.0. The van der Waals surface area contributed by atoms with Gasteiger partial charge in [0.2, 0.25) is 5.89 Å². The van der Waals surface area contributed by atoms with E-state index in [2.05, 4.69) is 17.1 Å². The van der Waals surface area contributed by atoms with E-state index in [1.165, 1.54) is 0 Å². The van der Waals surface area contributed by atoms with Crippen LogP contribution in [0.3, 0.4) is 0 Å². The van der Waals surface area contributed by atoms with Crippen molar-refractivity contribution in [3.05, 3.63) is 11.7 Å². The van der Waals surface area contributed by atoms with Gasteiger partial charge in [0.15, 0.2) is 5.82 Å². The van der Waals surface area contributed by atoms with Crippen LogP contribution in [0.4, 0.5) is 0 Å². The molecule has 0 bridgehead atoms. The molecule has 0 saturated heterocycles. The summed E-state index contributed by atoms with van der Waals surface area (Å²) in [7, 11) is 0. The van der Waals surface area contributed by atoms with Gasteiger partial charge in [0.05, 0.1) is 11.3 Å². The molecule has 0 aliphatic rings. The van der Waals surface area contributed by atoms with Gasteiger partial charge in [-0.2, -0.15) is 4.98 Å². The highest BCUT2D eigenvalue weighted by Crippen LogP contribution is 2.20. The minimum atomic E-state index is -0.566. The summed E-state index contributed by atoms with van der Waals surface area (Å²) >= 11 is 1.68. The lowest BCUT2D eigenvalue weighted by molar-refractivity contribution is 0.289. The van der Waals surface area contributed by atoms with E-state index in [0.717, 1.165) is 6.42 Å². The van der Waals surface area contributed by atoms with Crippen LogP contribution in [-0.4, -0.2) is 27.1 Å². The molecule has 0 radical (unpaired) electrons. The van der Waals surface area contributed by atoms with Crippen LogP contribution < -0.4 is 5.73 Å². The molecule has 1 atom stereocenters. The predicted octanol–water partition coefficient (Wildman–Crippen LogP) is 1.27. The molecule has 0 aliphatic heterocycles. The molecule has 16 heavy (non-hydrogen) atoms. The van der Waals surface area contributed by atoms with E-state index in [-0.39, 0.29) is 6.61 Å². The fraction of sp³-hybridized carbons (Fsp3) is 0.800. The van der Waals surface area contributed by atoms with Crippen LogP contribution >= 0.6 is 11.8 Å². The summed E-state index contributed by atoms with van der Waals surface area (Å²) in [4.78, 5) is 4.23. The highest BCUT2D eigenvalue weighted by atomic mass is 32.2. The van der Waals surface area contributed by atoms with E-state index >= 15 is 0 Å². The Labute approximate surface area is 99.8 Å². The molecular weight excluding hydrogens is 226 g/mol. The Bertz CT molecular complexity index is 322. The van der Waals surface area contributed by atoms with E-state index < -0.39 is 5.54 Å². The first-order valence-electron chi connectivity index (χ1n) is 5.28. The summed E-state index contributed by atoms with van der Waals surface area (Å²) in [6.07, 6.45) is 0.772. The summed E-state index contributed by atoms with van der Waals surface area (Å²) in [5.41, 5.74) is 5.28. The van der Waals surface area contributed by atoms with Crippen molar-refractivity contribution in [1.82, 2.24) is 10.1 Å². The molecule has 1 aromatic rings. The Morgan fingerprint density at radius 3 is 2.75 bits per heavy atom. The molecule has 92 valence electrons. The molecule has 0 spiro atoms. The summed E-state index contributed by atoms with van der Waals surface area (Å²) in [6, 6.07) is 0. The second kappa shape index (κ2) is 5.65. The zero-order valence-electron chi connectivity index (χ0n) is 9.93. The van der Waals surface area contributed by atoms with Gasteiger partial charge in [0.1, 0.15) is 0 Å². The van der Waals surface area contributed by atoms with Crippen LogP contribution in [0.1, 0.15) is 38.9 Å². The fourth-order valence-corrected chi connectivity index (χ4v) is 1.87. The van der Waals surface area contributed by atoms with Crippen molar-refractivity contribution < 1.29 is 9.63 Å². The SMILES string of the molecule is CC(CCO)SCc1nc(C(C)(C)N)no1. The Morgan fingerprint density at radius 2 is 2.25 bits per heavy atom. The van der Waals surface area contributed by atoms with E-state index in [0.29, 0.717) is 22.7 Å². The lowest BCUT2D eigenvalue weighted by Crippen LogP contribution is -2.30. The maximum atomic E-state index is 8.76. The third-order valence-corrected chi connectivity index (χ3v) is 3.29. The standard InChI is InChI=1S/C10H19N3O2S/c1-7(4-5-14)16-6-8-12-9(13-15-8)10(2,3)11/h7,14H,4-6,11H2,1-3H3. The summed E-state index contributed by atoms with van der Waals surface area (Å²) in [5.74, 6) is 1.77. The largest absolute Gasteiger partial charge is 0.396 e. The number of rotatable bonds is 6. The molecule has 1 heterocycles. The van der Waals surface area contributed by atoms with Crippen molar-refractivity contribution >= 4 is 11.8 Å². The van der Waals surface area contributed by atoms with Gasteiger partial charge in [-0.1, -0.05) is 12.1 Å². The van der Waals surface area contributed by atoms with E-state index in [1.54, 1.807) is 11.8 Å². The highest BCUT2D eigenvalue weighted by Gasteiger charge is 2.21. The first kappa shape index (κ1) is 13.5. The molecule has 1 rings (SSSR count). The van der Waals surface area contributed by atoms with Crippen molar-refractivity contribution in [2.24, 2.45) is 5.73 Å². The van der Waals surface area contributed by atoms with Gasteiger partial charge in [-0.15, -0.1) is 11.8 Å². The smallest absolute Gasteiger partial charge is 0.236 e. The van der Waals surface area contributed by atoms with Crippen molar-refractivity contribution in [2.45, 2.75) is 43.7 Å². The second-order valence-electron chi connectivity index (χ2n) is 4.37. The number of hydrogen-bond donors (Lipinski definition) is 2. The van der Waals surface area contributed by atoms with Crippen molar-refractivity contribution in [3.8, 4) is 0 Å². The number of nitrogens with zero attached hydrogens (tertiary/aromatic N) is 2. The molecule has 0 aliphatic carbocycles. The average molecular weight is 245 g/mol. The molecule has 5 nitrogen and oxygen atoms in total. The van der Waals surface area contributed by atoms with Crippen molar-refractivity contribution in [3.63, 3.8) is 0 Å². The quantitative estimate of drug-likeness (QED) is 0.785. The van der Waals surface area contributed by atoms with Gasteiger partial charge in [-0.3, -0.25) is 0 Å².